The van der Waals surface area contributed by atoms with Gasteiger partial charge in [0.25, 0.3) is 0 Å². The van der Waals surface area contributed by atoms with Crippen molar-refractivity contribution >= 4 is 31.5 Å². The Labute approximate surface area is 165 Å². The van der Waals surface area contributed by atoms with Crippen molar-refractivity contribution in [2.45, 2.75) is 48.1 Å². The van der Waals surface area contributed by atoms with Gasteiger partial charge in [-0.3, -0.25) is 0 Å². The quantitative estimate of drug-likeness (QED) is 0.701. The number of sulfonamides is 1. The summed E-state index contributed by atoms with van der Waals surface area (Å²) in [5.74, 6) is 0. The van der Waals surface area contributed by atoms with E-state index in [-0.39, 0.29) is 22.4 Å². The van der Waals surface area contributed by atoms with Crippen molar-refractivity contribution in [1.82, 2.24) is 4.31 Å². The highest BCUT2D eigenvalue weighted by Crippen LogP contribution is 2.31. The van der Waals surface area contributed by atoms with E-state index in [0.717, 1.165) is 37.5 Å². The van der Waals surface area contributed by atoms with Gasteiger partial charge in [0.1, 0.15) is 0 Å². The fourth-order valence-corrected chi connectivity index (χ4v) is 5.80. The maximum Gasteiger partial charge on any atom is 0.243 e. The summed E-state index contributed by atoms with van der Waals surface area (Å²) in [4.78, 5) is 0.210. The van der Waals surface area contributed by atoms with E-state index in [0.29, 0.717) is 5.02 Å². The summed E-state index contributed by atoms with van der Waals surface area (Å²) in [7, 11) is -7.12. The molecule has 27 heavy (non-hydrogen) atoms. The van der Waals surface area contributed by atoms with Gasteiger partial charge in [-0.2, -0.15) is 4.31 Å². The van der Waals surface area contributed by atoms with E-state index in [1.165, 1.54) is 24.3 Å². The summed E-state index contributed by atoms with van der Waals surface area (Å²) in [5.41, 5.74) is 0.864. The molecule has 3 rings (SSSR count). The van der Waals surface area contributed by atoms with Crippen molar-refractivity contribution in [3.63, 3.8) is 0 Å². The molecule has 2 aromatic rings. The maximum absolute atomic E-state index is 13.3. The monoisotopic (exact) mass is 427 g/mol. The lowest BCUT2D eigenvalue weighted by Gasteiger charge is -2.28. The fraction of sp³-hybridized carbons (Fsp3) is 0.368. The van der Waals surface area contributed by atoms with Crippen LogP contribution < -0.4 is 0 Å². The van der Waals surface area contributed by atoms with Crippen molar-refractivity contribution in [3.8, 4) is 0 Å². The lowest BCUT2D eigenvalue weighted by molar-refractivity contribution is 0.316. The van der Waals surface area contributed by atoms with Crippen LogP contribution in [0.5, 0.6) is 0 Å². The SMILES string of the molecule is CS(=O)(=O)c1ccc(S(=O)(=O)N(Cc2ccc(Cl)cc2)C2CCCC2)cc1. The average molecular weight is 428 g/mol. The lowest BCUT2D eigenvalue weighted by atomic mass is 10.2. The highest BCUT2D eigenvalue weighted by atomic mass is 35.5. The molecule has 0 atom stereocenters. The molecule has 2 aromatic carbocycles. The Morgan fingerprint density at radius 1 is 0.889 bits per heavy atom. The van der Waals surface area contributed by atoms with E-state index in [4.69, 9.17) is 11.6 Å². The van der Waals surface area contributed by atoms with Crippen molar-refractivity contribution in [3.05, 3.63) is 59.1 Å². The van der Waals surface area contributed by atoms with Gasteiger partial charge in [0.05, 0.1) is 9.79 Å². The maximum atomic E-state index is 13.3. The molecular formula is C19H22ClNO4S2. The van der Waals surface area contributed by atoms with Crippen LogP contribution in [0.1, 0.15) is 31.2 Å². The molecule has 1 fully saturated rings. The van der Waals surface area contributed by atoms with Gasteiger partial charge in [-0.05, 0) is 54.8 Å². The largest absolute Gasteiger partial charge is 0.243 e. The number of hydrogen-bond acceptors (Lipinski definition) is 4. The second-order valence-corrected chi connectivity index (χ2v) is 11.2. The first-order valence-corrected chi connectivity index (χ1v) is 12.5. The molecule has 0 unspecified atom stereocenters. The Kier molecular flexibility index (Phi) is 5.96. The van der Waals surface area contributed by atoms with Crippen molar-refractivity contribution in [1.29, 1.82) is 0 Å². The fourth-order valence-electron chi connectivity index (χ4n) is 3.37. The Morgan fingerprint density at radius 2 is 1.41 bits per heavy atom. The van der Waals surface area contributed by atoms with Gasteiger partial charge >= 0.3 is 0 Å². The Balaban J connectivity index is 1.95. The molecule has 1 aliphatic rings. The minimum Gasteiger partial charge on any atom is -0.224 e. The van der Waals surface area contributed by atoms with Crippen LogP contribution >= 0.6 is 11.6 Å². The van der Waals surface area contributed by atoms with Crippen molar-refractivity contribution < 1.29 is 16.8 Å². The standard InChI is InChI=1S/C19H22ClNO4S2/c1-26(22,23)18-10-12-19(13-11-18)27(24,25)21(17-4-2-3-5-17)14-15-6-8-16(20)9-7-15/h6-13,17H,2-5,14H2,1H3. The number of benzene rings is 2. The normalized spacial score (nSPS) is 16.1. The first-order chi connectivity index (χ1) is 12.7. The van der Waals surface area contributed by atoms with Gasteiger partial charge in [0.2, 0.25) is 10.0 Å². The molecule has 0 aliphatic heterocycles. The molecule has 1 aliphatic carbocycles. The summed E-state index contributed by atoms with van der Waals surface area (Å²) in [6, 6.07) is 12.5. The third-order valence-corrected chi connectivity index (χ3v) is 8.14. The van der Waals surface area contributed by atoms with E-state index < -0.39 is 19.9 Å². The molecule has 0 radical (unpaired) electrons. The number of hydrogen-bond donors (Lipinski definition) is 0. The van der Waals surface area contributed by atoms with Gasteiger partial charge in [-0.25, -0.2) is 16.8 Å². The molecule has 0 aromatic heterocycles. The third kappa shape index (κ3) is 4.71. The first kappa shape index (κ1) is 20.3. The molecule has 0 spiro atoms. The highest BCUT2D eigenvalue weighted by molar-refractivity contribution is 7.90. The Hall–Kier alpha value is -1.41. The Bertz CT molecular complexity index is 995. The molecule has 0 N–H and O–H groups in total. The van der Waals surface area contributed by atoms with Crippen LogP contribution in [0.25, 0.3) is 0 Å². The van der Waals surface area contributed by atoms with Crippen LogP contribution in [0.2, 0.25) is 5.02 Å². The van der Waals surface area contributed by atoms with E-state index in [1.807, 2.05) is 12.1 Å². The van der Waals surface area contributed by atoms with Crippen LogP contribution in [0, 0.1) is 0 Å². The highest BCUT2D eigenvalue weighted by Gasteiger charge is 2.33. The number of sulfone groups is 1. The lowest BCUT2D eigenvalue weighted by Crippen LogP contribution is -2.38. The smallest absolute Gasteiger partial charge is 0.224 e. The second kappa shape index (κ2) is 7.91. The second-order valence-electron chi connectivity index (χ2n) is 6.86. The van der Waals surface area contributed by atoms with Crippen LogP contribution in [0.15, 0.2) is 58.3 Å². The van der Waals surface area contributed by atoms with Gasteiger partial charge in [0.15, 0.2) is 9.84 Å². The zero-order valence-electron chi connectivity index (χ0n) is 15.0. The predicted molar refractivity (Wildman–Crippen MR) is 106 cm³/mol. The van der Waals surface area contributed by atoms with Crippen LogP contribution in [0.3, 0.4) is 0 Å². The number of rotatable bonds is 6. The summed E-state index contributed by atoms with van der Waals surface area (Å²) in [6.45, 7) is 0.262. The molecule has 0 bridgehead atoms. The summed E-state index contributed by atoms with van der Waals surface area (Å²) in [5, 5.41) is 0.602. The molecule has 0 saturated heterocycles. The van der Waals surface area contributed by atoms with Crippen LogP contribution in [0.4, 0.5) is 0 Å². The van der Waals surface area contributed by atoms with Gasteiger partial charge in [-0.15, -0.1) is 0 Å². The molecule has 8 heteroatoms. The summed E-state index contributed by atoms with van der Waals surface area (Å²) < 4.78 is 51.4. The minimum absolute atomic E-state index is 0.0553. The topological polar surface area (TPSA) is 71.5 Å². The summed E-state index contributed by atoms with van der Waals surface area (Å²) >= 11 is 5.93. The molecule has 5 nitrogen and oxygen atoms in total. The zero-order valence-corrected chi connectivity index (χ0v) is 17.4. The van der Waals surface area contributed by atoms with Crippen LogP contribution in [-0.2, 0) is 26.4 Å². The molecule has 0 amide bonds. The van der Waals surface area contributed by atoms with Crippen molar-refractivity contribution in [2.24, 2.45) is 0 Å². The van der Waals surface area contributed by atoms with Gasteiger partial charge in [-0.1, -0.05) is 36.6 Å². The third-order valence-electron chi connectivity index (χ3n) is 4.84. The summed E-state index contributed by atoms with van der Waals surface area (Å²) in [6.07, 6.45) is 4.76. The first-order valence-electron chi connectivity index (χ1n) is 8.74. The zero-order chi connectivity index (χ0) is 19.7. The van der Waals surface area contributed by atoms with E-state index in [1.54, 1.807) is 16.4 Å². The average Bonchev–Trinajstić information content (AvgIpc) is 3.14. The number of halogens is 1. The molecular weight excluding hydrogens is 406 g/mol. The predicted octanol–water partition coefficient (Wildman–Crippen LogP) is 3.88. The van der Waals surface area contributed by atoms with Gasteiger partial charge < -0.3 is 0 Å². The van der Waals surface area contributed by atoms with Gasteiger partial charge in [0, 0.05) is 23.9 Å². The van der Waals surface area contributed by atoms with E-state index in [9.17, 15) is 16.8 Å². The molecule has 0 heterocycles. The van der Waals surface area contributed by atoms with E-state index in [2.05, 4.69) is 0 Å². The number of nitrogens with zero attached hydrogens (tertiary/aromatic N) is 1. The van der Waals surface area contributed by atoms with E-state index >= 15 is 0 Å². The Morgan fingerprint density at radius 3 is 1.93 bits per heavy atom. The van der Waals surface area contributed by atoms with Crippen LogP contribution in [-0.4, -0.2) is 33.4 Å². The van der Waals surface area contributed by atoms with Crippen molar-refractivity contribution in [2.75, 3.05) is 6.26 Å². The molecule has 146 valence electrons. The molecule has 1 saturated carbocycles. The minimum atomic E-state index is -3.75.